The highest BCUT2D eigenvalue weighted by Gasteiger charge is 2.27. The van der Waals surface area contributed by atoms with Gasteiger partial charge in [-0.2, -0.15) is 0 Å². The Morgan fingerprint density at radius 3 is 2.86 bits per heavy atom. The Labute approximate surface area is 168 Å². The van der Waals surface area contributed by atoms with E-state index in [-0.39, 0.29) is 16.7 Å². The van der Waals surface area contributed by atoms with E-state index >= 15 is 0 Å². The first-order chi connectivity index (χ1) is 13.4. The van der Waals surface area contributed by atoms with Crippen LogP contribution in [-0.2, 0) is 16.4 Å². The van der Waals surface area contributed by atoms with E-state index in [1.165, 1.54) is 0 Å². The van der Waals surface area contributed by atoms with Crippen molar-refractivity contribution in [3.05, 3.63) is 34.3 Å². The number of rotatable bonds is 5. The van der Waals surface area contributed by atoms with Gasteiger partial charge in [-0.05, 0) is 61.0 Å². The molecule has 1 fully saturated rings. The summed E-state index contributed by atoms with van der Waals surface area (Å²) in [6, 6.07) is 4.99. The van der Waals surface area contributed by atoms with Gasteiger partial charge in [0.05, 0.1) is 17.2 Å². The highest BCUT2D eigenvalue weighted by molar-refractivity contribution is 7.89. The fraction of sp³-hybridized carbons (Fsp3) is 0.500. The Morgan fingerprint density at radius 1 is 1.36 bits per heavy atom. The molecule has 3 heterocycles. The number of ether oxygens (including phenoxy) is 1. The molecule has 8 nitrogen and oxygen atoms in total. The molecule has 2 aliphatic rings. The first kappa shape index (κ1) is 19.3. The van der Waals surface area contributed by atoms with E-state index in [0.29, 0.717) is 36.8 Å². The van der Waals surface area contributed by atoms with Crippen molar-refractivity contribution < 1.29 is 17.9 Å². The highest BCUT2D eigenvalue weighted by atomic mass is 32.2. The summed E-state index contributed by atoms with van der Waals surface area (Å²) >= 11 is 1.12. The molecule has 2 aliphatic heterocycles. The van der Waals surface area contributed by atoms with Crippen LogP contribution in [0.3, 0.4) is 0 Å². The number of hydrogen-bond acceptors (Lipinski definition) is 7. The fourth-order valence-electron chi connectivity index (χ4n) is 3.55. The van der Waals surface area contributed by atoms with Crippen molar-refractivity contribution >= 4 is 27.5 Å². The summed E-state index contributed by atoms with van der Waals surface area (Å²) in [6.45, 7) is 3.97. The lowest BCUT2D eigenvalue weighted by atomic mass is 9.97. The van der Waals surface area contributed by atoms with Crippen LogP contribution in [0.1, 0.15) is 33.8 Å². The number of carbonyl (C=O) groups is 1. The number of piperidine rings is 1. The predicted octanol–water partition coefficient (Wildman–Crippen LogP) is 1.61. The van der Waals surface area contributed by atoms with Gasteiger partial charge in [-0.1, -0.05) is 4.49 Å². The van der Waals surface area contributed by atoms with Crippen LogP contribution in [0.4, 0.5) is 0 Å². The SMILES string of the molecule is Cc1nnsc1C(=O)N1CCC(CNS(=O)(=O)c2ccc3c(c2)CCO3)CC1. The number of fused-ring (bicyclic) bond motifs is 1. The van der Waals surface area contributed by atoms with Gasteiger partial charge in [0.1, 0.15) is 10.6 Å². The summed E-state index contributed by atoms with van der Waals surface area (Å²) in [5.74, 6) is 0.937. The minimum atomic E-state index is -3.55. The molecule has 0 spiro atoms. The zero-order chi connectivity index (χ0) is 19.7. The Kier molecular flexibility index (Phi) is 5.35. The molecule has 150 valence electrons. The largest absolute Gasteiger partial charge is 0.493 e. The number of aromatic nitrogens is 2. The smallest absolute Gasteiger partial charge is 0.267 e. The van der Waals surface area contributed by atoms with Gasteiger partial charge in [0, 0.05) is 26.1 Å². The maximum Gasteiger partial charge on any atom is 0.267 e. The van der Waals surface area contributed by atoms with Gasteiger partial charge >= 0.3 is 0 Å². The molecule has 1 amide bonds. The maximum absolute atomic E-state index is 12.6. The van der Waals surface area contributed by atoms with Crippen LogP contribution in [0.5, 0.6) is 5.75 Å². The molecule has 0 unspecified atom stereocenters. The van der Waals surface area contributed by atoms with Gasteiger partial charge in [0.2, 0.25) is 10.0 Å². The second-order valence-electron chi connectivity index (χ2n) is 7.14. The number of carbonyl (C=O) groups excluding carboxylic acids is 1. The van der Waals surface area contributed by atoms with Gasteiger partial charge in [-0.25, -0.2) is 13.1 Å². The first-order valence-corrected chi connectivity index (χ1v) is 11.5. The van der Waals surface area contributed by atoms with Crippen LogP contribution in [0.2, 0.25) is 0 Å². The van der Waals surface area contributed by atoms with Gasteiger partial charge in [0.15, 0.2) is 0 Å². The van der Waals surface area contributed by atoms with Gasteiger partial charge in [-0.3, -0.25) is 4.79 Å². The molecule has 1 saturated heterocycles. The molecular formula is C18H22N4O4S2. The van der Waals surface area contributed by atoms with Crippen LogP contribution in [0.15, 0.2) is 23.1 Å². The monoisotopic (exact) mass is 422 g/mol. The van der Waals surface area contributed by atoms with Crippen molar-refractivity contribution in [3.8, 4) is 5.75 Å². The molecule has 10 heteroatoms. The van der Waals surface area contributed by atoms with Crippen molar-refractivity contribution in [3.63, 3.8) is 0 Å². The molecule has 1 aromatic carbocycles. The molecule has 0 radical (unpaired) electrons. The Balaban J connectivity index is 1.31. The van der Waals surface area contributed by atoms with Gasteiger partial charge in [0.25, 0.3) is 5.91 Å². The van der Waals surface area contributed by atoms with E-state index < -0.39 is 10.0 Å². The molecule has 0 bridgehead atoms. The standard InChI is InChI=1S/C18H22N4O4S2/c1-12-17(27-21-20-12)18(23)22-7-4-13(5-8-22)11-19-28(24,25)15-2-3-16-14(10-15)6-9-26-16/h2-3,10,13,19H,4-9,11H2,1H3. The van der Waals surface area contributed by atoms with Crippen molar-refractivity contribution in [2.45, 2.75) is 31.1 Å². The Bertz CT molecular complexity index is 981. The number of nitrogens with zero attached hydrogens (tertiary/aromatic N) is 3. The minimum absolute atomic E-state index is 0.0353. The van der Waals surface area contributed by atoms with E-state index in [1.807, 2.05) is 0 Å². The lowest BCUT2D eigenvalue weighted by Crippen LogP contribution is -2.41. The van der Waals surface area contributed by atoms with Gasteiger partial charge in [-0.15, -0.1) is 5.10 Å². The molecule has 0 aliphatic carbocycles. The molecule has 1 aromatic heterocycles. The third-order valence-electron chi connectivity index (χ3n) is 5.28. The molecule has 28 heavy (non-hydrogen) atoms. The van der Waals surface area contributed by atoms with E-state index in [4.69, 9.17) is 4.74 Å². The van der Waals surface area contributed by atoms with Crippen molar-refractivity contribution in [2.24, 2.45) is 5.92 Å². The summed E-state index contributed by atoms with van der Waals surface area (Å²) in [6.07, 6.45) is 2.26. The summed E-state index contributed by atoms with van der Waals surface area (Å²) < 4.78 is 37.2. The maximum atomic E-state index is 12.6. The van der Waals surface area contributed by atoms with E-state index in [1.54, 1.807) is 30.0 Å². The minimum Gasteiger partial charge on any atom is -0.493 e. The number of sulfonamides is 1. The lowest BCUT2D eigenvalue weighted by molar-refractivity contribution is 0.0696. The number of hydrogen-bond donors (Lipinski definition) is 1. The number of nitrogens with one attached hydrogen (secondary N) is 1. The normalized spacial score (nSPS) is 17.4. The highest BCUT2D eigenvalue weighted by Crippen LogP contribution is 2.28. The second-order valence-corrected chi connectivity index (χ2v) is 9.66. The number of amides is 1. The molecule has 4 rings (SSSR count). The van der Waals surface area contributed by atoms with E-state index in [9.17, 15) is 13.2 Å². The molecule has 0 saturated carbocycles. The Morgan fingerprint density at radius 2 is 2.14 bits per heavy atom. The molecule has 2 aromatic rings. The third-order valence-corrected chi connectivity index (χ3v) is 7.52. The molecule has 1 N–H and O–H groups in total. The summed E-state index contributed by atoms with van der Waals surface area (Å²) in [7, 11) is -3.55. The summed E-state index contributed by atoms with van der Waals surface area (Å²) in [5, 5.41) is 3.89. The second kappa shape index (κ2) is 7.76. The predicted molar refractivity (Wildman–Crippen MR) is 104 cm³/mol. The zero-order valence-corrected chi connectivity index (χ0v) is 17.2. The number of benzene rings is 1. The van der Waals surface area contributed by atoms with Crippen LogP contribution in [0, 0.1) is 12.8 Å². The van der Waals surface area contributed by atoms with Crippen molar-refractivity contribution in [1.29, 1.82) is 0 Å². The summed E-state index contributed by atoms with van der Waals surface area (Å²) in [4.78, 5) is 15.2. The lowest BCUT2D eigenvalue weighted by Gasteiger charge is -2.31. The summed E-state index contributed by atoms with van der Waals surface area (Å²) in [5.41, 5.74) is 1.59. The van der Waals surface area contributed by atoms with Crippen molar-refractivity contribution in [2.75, 3.05) is 26.2 Å². The topological polar surface area (TPSA) is 101 Å². The number of likely N-dealkylation sites (tertiary alicyclic amines) is 1. The first-order valence-electron chi connectivity index (χ1n) is 9.27. The fourth-order valence-corrected chi connectivity index (χ4v) is 5.34. The van der Waals surface area contributed by atoms with Crippen LogP contribution < -0.4 is 9.46 Å². The van der Waals surface area contributed by atoms with Gasteiger partial charge < -0.3 is 9.64 Å². The quantitative estimate of drug-likeness (QED) is 0.786. The average molecular weight is 423 g/mol. The average Bonchev–Trinajstić information content (AvgIpc) is 3.34. The van der Waals surface area contributed by atoms with E-state index in [2.05, 4.69) is 14.3 Å². The van der Waals surface area contributed by atoms with Crippen molar-refractivity contribution in [1.82, 2.24) is 19.2 Å². The third kappa shape index (κ3) is 3.89. The Hall–Kier alpha value is -2.04. The zero-order valence-electron chi connectivity index (χ0n) is 15.6. The van der Waals surface area contributed by atoms with Crippen LogP contribution in [-0.4, -0.2) is 55.1 Å². The molecule has 0 atom stereocenters. The van der Waals surface area contributed by atoms with Crippen LogP contribution in [0.25, 0.3) is 0 Å². The molecular weight excluding hydrogens is 400 g/mol. The van der Waals surface area contributed by atoms with Crippen LogP contribution >= 0.6 is 11.5 Å². The number of aryl methyl sites for hydroxylation is 1. The van der Waals surface area contributed by atoms with E-state index in [0.717, 1.165) is 42.1 Å².